The van der Waals surface area contributed by atoms with E-state index in [4.69, 9.17) is 5.11 Å². The van der Waals surface area contributed by atoms with Crippen molar-refractivity contribution in [2.75, 3.05) is 5.32 Å². The number of rotatable bonds is 3. The lowest BCUT2D eigenvalue weighted by molar-refractivity contribution is -0.146. The number of hydrogen-bond donors (Lipinski definition) is 2. The molecule has 0 aromatic carbocycles. The van der Waals surface area contributed by atoms with Gasteiger partial charge >= 0.3 is 5.97 Å². The maximum atomic E-state index is 12.1. The van der Waals surface area contributed by atoms with Gasteiger partial charge in [-0.3, -0.25) is 9.59 Å². The summed E-state index contributed by atoms with van der Waals surface area (Å²) in [6.45, 7) is 0. The smallest absolute Gasteiger partial charge is 0.307 e. The van der Waals surface area contributed by atoms with E-state index in [2.05, 4.69) is 26.2 Å². The molecule has 1 aliphatic carbocycles. The van der Waals surface area contributed by atoms with Crippen molar-refractivity contribution in [1.29, 1.82) is 0 Å². The fraction of sp³-hybridized carbons (Fsp3) is 0.308. The first-order chi connectivity index (χ1) is 9.08. The Hall–Kier alpha value is -1.69. The van der Waals surface area contributed by atoms with Crippen LogP contribution in [0.4, 0.5) is 5.69 Å². The van der Waals surface area contributed by atoms with Gasteiger partial charge in [-0.1, -0.05) is 12.2 Å². The number of anilines is 1. The summed E-state index contributed by atoms with van der Waals surface area (Å²) in [5, 5.41) is 11.8. The summed E-state index contributed by atoms with van der Waals surface area (Å²) >= 11 is 3.21. The molecule has 0 spiro atoms. The van der Waals surface area contributed by atoms with Gasteiger partial charge in [0.1, 0.15) is 4.60 Å². The first-order valence-corrected chi connectivity index (χ1v) is 6.67. The van der Waals surface area contributed by atoms with E-state index in [1.165, 1.54) is 6.20 Å². The third kappa shape index (κ3) is 3.41. The molecule has 0 radical (unpaired) electrons. The van der Waals surface area contributed by atoms with Gasteiger partial charge in [0, 0.05) is 0 Å². The zero-order valence-corrected chi connectivity index (χ0v) is 11.6. The van der Waals surface area contributed by atoms with Crippen LogP contribution in [-0.4, -0.2) is 22.0 Å². The Morgan fingerprint density at radius 2 is 1.95 bits per heavy atom. The van der Waals surface area contributed by atoms with Crippen LogP contribution in [0.15, 0.2) is 35.1 Å². The Balaban J connectivity index is 2.08. The van der Waals surface area contributed by atoms with Crippen LogP contribution in [0.3, 0.4) is 0 Å². The second kappa shape index (κ2) is 5.97. The van der Waals surface area contributed by atoms with Gasteiger partial charge in [-0.2, -0.15) is 0 Å². The molecule has 1 heterocycles. The number of aromatic nitrogens is 1. The number of nitrogens with one attached hydrogen (secondary N) is 1. The molecule has 1 aliphatic rings. The molecule has 0 bridgehead atoms. The van der Waals surface area contributed by atoms with E-state index >= 15 is 0 Å². The summed E-state index contributed by atoms with van der Waals surface area (Å²) < 4.78 is 0.675. The van der Waals surface area contributed by atoms with Crippen LogP contribution in [-0.2, 0) is 9.59 Å². The van der Waals surface area contributed by atoms with Crippen LogP contribution in [0.5, 0.6) is 0 Å². The Morgan fingerprint density at radius 3 is 2.53 bits per heavy atom. The number of carboxylic acids is 1. The number of pyridine rings is 1. The standard InChI is InChI=1S/C13H13BrN2O3/c14-11-6-5-8(7-15-11)16-12(17)9-3-1-2-4-10(9)13(18)19/h1-2,5-7,9-10H,3-4H2,(H,16,17)(H,18,19)/t9-,10+/m1/s1. The summed E-state index contributed by atoms with van der Waals surface area (Å²) in [6.07, 6.45) is 6.03. The minimum absolute atomic E-state index is 0.277. The molecule has 0 saturated carbocycles. The number of aliphatic carboxylic acids is 1. The molecule has 1 amide bonds. The molecule has 0 fully saturated rings. The second-order valence-corrected chi connectivity index (χ2v) is 5.17. The molecule has 1 aromatic heterocycles. The summed E-state index contributed by atoms with van der Waals surface area (Å²) in [6, 6.07) is 3.43. The van der Waals surface area contributed by atoms with Gasteiger partial charge in [-0.25, -0.2) is 4.98 Å². The van der Waals surface area contributed by atoms with Crippen LogP contribution in [0, 0.1) is 11.8 Å². The molecule has 1 aromatic rings. The van der Waals surface area contributed by atoms with Crippen molar-refractivity contribution in [1.82, 2.24) is 4.98 Å². The predicted molar refractivity (Wildman–Crippen MR) is 73.6 cm³/mol. The number of allylic oxidation sites excluding steroid dienone is 2. The van der Waals surface area contributed by atoms with Gasteiger partial charge in [-0.15, -0.1) is 0 Å². The number of carbonyl (C=O) groups excluding carboxylic acids is 1. The molecular formula is C13H13BrN2O3. The quantitative estimate of drug-likeness (QED) is 0.661. The third-order valence-corrected chi connectivity index (χ3v) is 3.55. The van der Waals surface area contributed by atoms with E-state index in [0.717, 1.165) is 0 Å². The van der Waals surface area contributed by atoms with Crippen molar-refractivity contribution in [3.63, 3.8) is 0 Å². The Kier molecular flexibility index (Phi) is 4.31. The van der Waals surface area contributed by atoms with Crippen molar-refractivity contribution in [2.45, 2.75) is 12.8 Å². The van der Waals surface area contributed by atoms with E-state index in [1.807, 2.05) is 12.2 Å². The van der Waals surface area contributed by atoms with E-state index in [1.54, 1.807) is 12.1 Å². The highest BCUT2D eigenvalue weighted by Gasteiger charge is 2.33. The lowest BCUT2D eigenvalue weighted by Gasteiger charge is -2.24. The molecule has 0 saturated heterocycles. The predicted octanol–water partition coefficient (Wildman–Crippen LogP) is 2.45. The molecule has 2 rings (SSSR count). The lowest BCUT2D eigenvalue weighted by Crippen LogP contribution is -2.34. The SMILES string of the molecule is O=C(O)[C@H]1CC=CC[C@H]1C(=O)Nc1ccc(Br)nc1. The molecule has 6 heteroatoms. The van der Waals surface area contributed by atoms with Crippen molar-refractivity contribution >= 4 is 33.5 Å². The van der Waals surface area contributed by atoms with Crippen molar-refractivity contribution < 1.29 is 14.7 Å². The van der Waals surface area contributed by atoms with E-state index < -0.39 is 17.8 Å². The van der Waals surface area contributed by atoms with Crippen LogP contribution < -0.4 is 5.32 Å². The van der Waals surface area contributed by atoms with E-state index in [-0.39, 0.29) is 5.91 Å². The molecule has 2 atom stereocenters. The number of amides is 1. The number of carbonyl (C=O) groups is 2. The first-order valence-electron chi connectivity index (χ1n) is 5.88. The largest absolute Gasteiger partial charge is 0.481 e. The Bertz CT molecular complexity index is 513. The van der Waals surface area contributed by atoms with Crippen molar-refractivity contribution in [2.24, 2.45) is 11.8 Å². The van der Waals surface area contributed by atoms with Crippen molar-refractivity contribution in [3.8, 4) is 0 Å². The fourth-order valence-corrected chi connectivity index (χ4v) is 2.30. The molecule has 5 nitrogen and oxygen atoms in total. The monoisotopic (exact) mass is 324 g/mol. The highest BCUT2D eigenvalue weighted by Crippen LogP contribution is 2.27. The first kappa shape index (κ1) is 13.7. The van der Waals surface area contributed by atoms with Crippen molar-refractivity contribution in [3.05, 3.63) is 35.1 Å². The number of halogens is 1. The zero-order valence-electron chi connectivity index (χ0n) is 10.0. The summed E-state index contributed by atoms with van der Waals surface area (Å²) in [4.78, 5) is 27.3. The Morgan fingerprint density at radius 1 is 1.26 bits per heavy atom. The molecule has 2 N–H and O–H groups in total. The number of nitrogens with zero attached hydrogens (tertiary/aromatic N) is 1. The average molecular weight is 325 g/mol. The molecule has 19 heavy (non-hydrogen) atoms. The van der Waals surface area contributed by atoms with E-state index in [9.17, 15) is 9.59 Å². The maximum absolute atomic E-state index is 12.1. The summed E-state index contributed by atoms with van der Waals surface area (Å²) in [7, 11) is 0. The summed E-state index contributed by atoms with van der Waals surface area (Å²) in [5.74, 6) is -2.40. The molecular weight excluding hydrogens is 312 g/mol. The Labute approximate surface area is 118 Å². The molecule has 100 valence electrons. The molecule has 0 unspecified atom stereocenters. The van der Waals surface area contributed by atoms with Gasteiger partial charge in [0.05, 0.1) is 23.7 Å². The van der Waals surface area contributed by atoms with E-state index in [0.29, 0.717) is 23.1 Å². The highest BCUT2D eigenvalue weighted by atomic mass is 79.9. The summed E-state index contributed by atoms with van der Waals surface area (Å²) in [5.41, 5.74) is 0.562. The van der Waals surface area contributed by atoms with Gasteiger partial charge in [0.25, 0.3) is 0 Å². The number of hydrogen-bond acceptors (Lipinski definition) is 3. The number of carboxylic acid groups (broad SMARTS) is 1. The third-order valence-electron chi connectivity index (χ3n) is 3.08. The second-order valence-electron chi connectivity index (χ2n) is 4.35. The highest BCUT2D eigenvalue weighted by molar-refractivity contribution is 9.10. The lowest BCUT2D eigenvalue weighted by atomic mass is 9.82. The van der Waals surface area contributed by atoms with Gasteiger partial charge < -0.3 is 10.4 Å². The van der Waals surface area contributed by atoms with Gasteiger partial charge in [-0.05, 0) is 40.9 Å². The van der Waals surface area contributed by atoms with Gasteiger partial charge in [0.15, 0.2) is 0 Å². The normalized spacial score (nSPS) is 21.9. The van der Waals surface area contributed by atoms with Crippen LogP contribution in [0.2, 0.25) is 0 Å². The van der Waals surface area contributed by atoms with Crippen LogP contribution >= 0.6 is 15.9 Å². The zero-order chi connectivity index (χ0) is 13.8. The van der Waals surface area contributed by atoms with Crippen LogP contribution in [0.25, 0.3) is 0 Å². The average Bonchev–Trinajstić information content (AvgIpc) is 2.41. The minimum atomic E-state index is -0.932. The van der Waals surface area contributed by atoms with Crippen LogP contribution in [0.1, 0.15) is 12.8 Å². The fourth-order valence-electron chi connectivity index (χ4n) is 2.06. The maximum Gasteiger partial charge on any atom is 0.307 e. The topological polar surface area (TPSA) is 79.3 Å². The minimum Gasteiger partial charge on any atom is -0.481 e. The van der Waals surface area contributed by atoms with Gasteiger partial charge in [0.2, 0.25) is 5.91 Å². The molecule has 0 aliphatic heterocycles.